The minimum atomic E-state index is -0.179. The average Bonchev–Trinajstić information content (AvgIpc) is 2.47. The summed E-state index contributed by atoms with van der Waals surface area (Å²) >= 11 is 0. The van der Waals surface area contributed by atoms with Crippen LogP contribution in [0.4, 0.5) is 15.9 Å². The van der Waals surface area contributed by atoms with Crippen molar-refractivity contribution in [3.63, 3.8) is 0 Å². The van der Waals surface area contributed by atoms with E-state index < -0.39 is 0 Å². The third-order valence-corrected chi connectivity index (χ3v) is 3.70. The largest absolute Gasteiger partial charge is 0.367 e. The summed E-state index contributed by atoms with van der Waals surface area (Å²) in [5.74, 6) is 0.625. The number of hydrogen-bond acceptors (Lipinski definition) is 4. The van der Waals surface area contributed by atoms with Gasteiger partial charge >= 0.3 is 0 Å². The van der Waals surface area contributed by atoms with Gasteiger partial charge in [-0.1, -0.05) is 12.1 Å². The zero-order chi connectivity index (χ0) is 14.1. The second-order valence-electron chi connectivity index (χ2n) is 5.26. The van der Waals surface area contributed by atoms with Crippen LogP contribution < -0.4 is 15.1 Å². The topological polar surface area (TPSA) is 31.4 Å². The predicted molar refractivity (Wildman–Crippen MR) is 81.1 cm³/mol. The SMILES string of the molecule is CN(C)c1ncc(N2CCNCC2)c2c(F)cccc12. The number of benzene rings is 1. The van der Waals surface area contributed by atoms with Crippen molar-refractivity contribution in [3.8, 4) is 0 Å². The lowest BCUT2D eigenvalue weighted by molar-refractivity contribution is 0.588. The monoisotopic (exact) mass is 274 g/mol. The van der Waals surface area contributed by atoms with Crippen LogP contribution in [0.15, 0.2) is 24.4 Å². The number of halogens is 1. The summed E-state index contributed by atoms with van der Waals surface area (Å²) in [6, 6.07) is 5.20. The molecule has 0 bridgehead atoms. The van der Waals surface area contributed by atoms with E-state index >= 15 is 0 Å². The van der Waals surface area contributed by atoms with Crippen molar-refractivity contribution < 1.29 is 4.39 Å². The molecule has 3 rings (SSSR count). The van der Waals surface area contributed by atoms with Gasteiger partial charge in [-0.25, -0.2) is 9.37 Å². The molecule has 1 aliphatic heterocycles. The zero-order valence-electron chi connectivity index (χ0n) is 11.9. The van der Waals surface area contributed by atoms with Crippen LogP contribution in [0.3, 0.4) is 0 Å². The molecule has 2 heterocycles. The lowest BCUT2D eigenvalue weighted by Crippen LogP contribution is -2.43. The first kappa shape index (κ1) is 13.1. The number of piperazine rings is 1. The summed E-state index contributed by atoms with van der Waals surface area (Å²) in [5.41, 5.74) is 0.894. The highest BCUT2D eigenvalue weighted by molar-refractivity contribution is 6.00. The molecule has 20 heavy (non-hydrogen) atoms. The zero-order valence-corrected chi connectivity index (χ0v) is 11.9. The lowest BCUT2D eigenvalue weighted by Gasteiger charge is -2.30. The Balaban J connectivity index is 2.20. The Morgan fingerprint density at radius 1 is 1.25 bits per heavy atom. The van der Waals surface area contributed by atoms with Gasteiger partial charge in [0.05, 0.1) is 11.9 Å². The number of rotatable bonds is 2. The highest BCUT2D eigenvalue weighted by atomic mass is 19.1. The van der Waals surface area contributed by atoms with Crippen molar-refractivity contribution in [1.82, 2.24) is 10.3 Å². The fourth-order valence-electron chi connectivity index (χ4n) is 2.73. The molecule has 0 aliphatic carbocycles. The van der Waals surface area contributed by atoms with Crippen molar-refractivity contribution >= 4 is 22.3 Å². The fraction of sp³-hybridized carbons (Fsp3) is 0.400. The normalized spacial score (nSPS) is 15.7. The molecule has 0 saturated carbocycles. The van der Waals surface area contributed by atoms with Crippen molar-refractivity contribution in [2.45, 2.75) is 0 Å². The van der Waals surface area contributed by atoms with E-state index in [1.165, 1.54) is 6.07 Å². The molecule has 1 aliphatic rings. The first-order chi connectivity index (χ1) is 9.68. The second-order valence-corrected chi connectivity index (χ2v) is 5.26. The van der Waals surface area contributed by atoms with Crippen molar-refractivity contribution in [1.29, 1.82) is 0 Å². The summed E-state index contributed by atoms with van der Waals surface area (Å²) in [6.45, 7) is 3.61. The van der Waals surface area contributed by atoms with E-state index in [0.29, 0.717) is 5.39 Å². The van der Waals surface area contributed by atoms with Crippen LogP contribution in [-0.2, 0) is 0 Å². The maximum Gasteiger partial charge on any atom is 0.136 e. The lowest BCUT2D eigenvalue weighted by atomic mass is 10.1. The Labute approximate surface area is 118 Å². The Morgan fingerprint density at radius 3 is 2.70 bits per heavy atom. The Kier molecular flexibility index (Phi) is 3.44. The molecule has 1 aromatic heterocycles. The highest BCUT2D eigenvalue weighted by Crippen LogP contribution is 2.33. The van der Waals surface area contributed by atoms with E-state index in [1.54, 1.807) is 12.3 Å². The van der Waals surface area contributed by atoms with Gasteiger partial charge < -0.3 is 15.1 Å². The van der Waals surface area contributed by atoms with E-state index in [4.69, 9.17) is 0 Å². The van der Waals surface area contributed by atoms with E-state index in [0.717, 1.165) is 43.1 Å². The molecule has 1 aromatic carbocycles. The maximum atomic E-state index is 14.4. The van der Waals surface area contributed by atoms with E-state index in [9.17, 15) is 4.39 Å². The van der Waals surface area contributed by atoms with Crippen LogP contribution in [0.5, 0.6) is 0 Å². The molecular weight excluding hydrogens is 255 g/mol. The number of aromatic nitrogens is 1. The molecule has 106 valence electrons. The van der Waals surface area contributed by atoms with Crippen LogP contribution in [0.1, 0.15) is 0 Å². The number of pyridine rings is 1. The number of anilines is 2. The summed E-state index contributed by atoms with van der Waals surface area (Å²) < 4.78 is 14.4. The number of hydrogen-bond donors (Lipinski definition) is 1. The van der Waals surface area contributed by atoms with E-state index in [-0.39, 0.29) is 5.82 Å². The van der Waals surface area contributed by atoms with Crippen molar-refractivity contribution in [2.24, 2.45) is 0 Å². The minimum absolute atomic E-state index is 0.179. The van der Waals surface area contributed by atoms with Crippen LogP contribution in [0, 0.1) is 5.82 Å². The van der Waals surface area contributed by atoms with Crippen LogP contribution >= 0.6 is 0 Å². The summed E-state index contributed by atoms with van der Waals surface area (Å²) in [4.78, 5) is 8.64. The molecule has 1 saturated heterocycles. The summed E-state index contributed by atoms with van der Waals surface area (Å²) in [5, 5.41) is 4.85. The third kappa shape index (κ3) is 2.18. The molecule has 0 spiro atoms. The number of nitrogens with one attached hydrogen (secondary N) is 1. The van der Waals surface area contributed by atoms with Gasteiger partial charge in [0, 0.05) is 51.0 Å². The molecule has 0 radical (unpaired) electrons. The highest BCUT2D eigenvalue weighted by Gasteiger charge is 2.18. The molecule has 0 atom stereocenters. The molecule has 1 fully saturated rings. The van der Waals surface area contributed by atoms with Gasteiger partial charge in [0.25, 0.3) is 0 Å². The summed E-state index contributed by atoms with van der Waals surface area (Å²) in [6.07, 6.45) is 1.80. The number of nitrogens with zero attached hydrogens (tertiary/aromatic N) is 3. The average molecular weight is 274 g/mol. The van der Waals surface area contributed by atoms with Gasteiger partial charge in [-0.15, -0.1) is 0 Å². The van der Waals surface area contributed by atoms with Crippen molar-refractivity contribution in [2.75, 3.05) is 50.1 Å². The molecule has 1 N–H and O–H groups in total. The van der Waals surface area contributed by atoms with Gasteiger partial charge in [0.2, 0.25) is 0 Å². The van der Waals surface area contributed by atoms with Crippen LogP contribution in [-0.4, -0.2) is 45.3 Å². The molecule has 5 heteroatoms. The Hall–Kier alpha value is -1.88. The molecular formula is C15H19FN4. The van der Waals surface area contributed by atoms with E-state index in [2.05, 4.69) is 15.2 Å². The van der Waals surface area contributed by atoms with Gasteiger partial charge in [0.15, 0.2) is 0 Å². The molecule has 4 nitrogen and oxygen atoms in total. The second kappa shape index (κ2) is 5.25. The van der Waals surface area contributed by atoms with Gasteiger partial charge in [-0.3, -0.25) is 0 Å². The molecule has 0 amide bonds. The quantitative estimate of drug-likeness (QED) is 0.905. The van der Waals surface area contributed by atoms with Gasteiger partial charge in [-0.2, -0.15) is 0 Å². The first-order valence-corrected chi connectivity index (χ1v) is 6.88. The van der Waals surface area contributed by atoms with Crippen LogP contribution in [0.2, 0.25) is 0 Å². The standard InChI is InChI=1S/C15H19FN4/c1-19(2)15-11-4-3-5-12(16)14(11)13(10-18-15)20-8-6-17-7-9-20/h3-5,10,17H,6-9H2,1-2H3. The summed E-state index contributed by atoms with van der Waals surface area (Å²) in [7, 11) is 3.86. The minimum Gasteiger partial charge on any atom is -0.367 e. The third-order valence-electron chi connectivity index (χ3n) is 3.70. The predicted octanol–water partition coefficient (Wildman–Crippen LogP) is 1.85. The molecule has 2 aromatic rings. The van der Waals surface area contributed by atoms with Gasteiger partial charge in [-0.05, 0) is 6.07 Å². The number of fused-ring (bicyclic) bond motifs is 1. The van der Waals surface area contributed by atoms with E-state index in [1.807, 2.05) is 25.1 Å². The van der Waals surface area contributed by atoms with Crippen molar-refractivity contribution in [3.05, 3.63) is 30.2 Å². The van der Waals surface area contributed by atoms with Crippen LogP contribution in [0.25, 0.3) is 10.8 Å². The first-order valence-electron chi connectivity index (χ1n) is 6.88. The maximum absolute atomic E-state index is 14.4. The Morgan fingerprint density at radius 2 is 2.00 bits per heavy atom. The fourth-order valence-corrected chi connectivity index (χ4v) is 2.73. The van der Waals surface area contributed by atoms with Gasteiger partial charge in [0.1, 0.15) is 11.6 Å². The Bertz CT molecular complexity index is 621. The smallest absolute Gasteiger partial charge is 0.136 e. The molecule has 0 unspecified atom stereocenters.